The molecule has 5 nitrogen and oxygen atoms in total. The van der Waals surface area contributed by atoms with E-state index in [-0.39, 0.29) is 14.7 Å². The molecule has 0 saturated carbocycles. The van der Waals surface area contributed by atoms with Gasteiger partial charge in [-0.15, -0.1) is 0 Å². The molecule has 0 saturated heterocycles. The predicted molar refractivity (Wildman–Crippen MR) is 68.0 cm³/mol. The van der Waals surface area contributed by atoms with Crippen LogP contribution in [0.3, 0.4) is 0 Å². The molecule has 98 valence electrons. The molecule has 1 aromatic heterocycles. The number of hydrogen-bond acceptors (Lipinski definition) is 5. The Balaban J connectivity index is 3.02. The van der Waals surface area contributed by atoms with Crippen molar-refractivity contribution in [3.8, 4) is 0 Å². The molecule has 1 unspecified atom stereocenters. The summed E-state index contributed by atoms with van der Waals surface area (Å²) >= 11 is 6.61. The summed E-state index contributed by atoms with van der Waals surface area (Å²) in [6, 6.07) is -0.226. The van der Waals surface area contributed by atoms with Crippen molar-refractivity contribution in [2.24, 2.45) is 0 Å². The molecular weight excluding hydrogens is 284 g/mol. The molecule has 0 aliphatic rings. The third kappa shape index (κ3) is 3.38. The van der Waals surface area contributed by atoms with Gasteiger partial charge in [-0.05, 0) is 6.92 Å². The number of aromatic nitrogens is 1. The minimum absolute atomic E-state index is 0.160. The van der Waals surface area contributed by atoms with E-state index in [1.54, 1.807) is 21.0 Å². The van der Waals surface area contributed by atoms with Gasteiger partial charge >= 0.3 is 0 Å². The number of ether oxygens (including phenoxy) is 1. The SMILES string of the molecule is CCN(C(C)COC)S(=O)(=O)c1cnc(Cl)s1. The predicted octanol–water partition coefficient (Wildman–Crippen LogP) is 1.84. The minimum Gasteiger partial charge on any atom is -0.383 e. The summed E-state index contributed by atoms with van der Waals surface area (Å²) in [6.07, 6.45) is 1.28. The quantitative estimate of drug-likeness (QED) is 0.804. The number of methoxy groups -OCH3 is 1. The lowest BCUT2D eigenvalue weighted by Crippen LogP contribution is -2.40. The molecule has 8 heteroatoms. The first kappa shape index (κ1) is 14.8. The second-order valence-corrected chi connectivity index (χ2v) is 7.18. The Bertz CT molecular complexity index is 461. The van der Waals surface area contributed by atoms with E-state index in [9.17, 15) is 8.42 Å². The highest BCUT2D eigenvalue weighted by atomic mass is 35.5. The molecule has 0 bridgehead atoms. The van der Waals surface area contributed by atoms with E-state index in [2.05, 4.69) is 4.98 Å². The topological polar surface area (TPSA) is 59.5 Å². The van der Waals surface area contributed by atoms with Gasteiger partial charge in [0.2, 0.25) is 0 Å². The fourth-order valence-corrected chi connectivity index (χ4v) is 4.57. The molecule has 1 rings (SSSR count). The normalized spacial score (nSPS) is 14.2. The standard InChI is InChI=1S/C9H15ClN2O3S2/c1-4-12(7(2)6-15-3)17(13,14)8-5-11-9(10)16-8/h5,7H,4,6H2,1-3H3. The van der Waals surface area contributed by atoms with E-state index < -0.39 is 10.0 Å². The number of halogens is 1. The number of likely N-dealkylation sites (N-methyl/N-ethyl adjacent to an activating group) is 1. The number of hydrogen-bond donors (Lipinski definition) is 0. The molecule has 0 aliphatic heterocycles. The van der Waals surface area contributed by atoms with Crippen LogP contribution in [-0.4, -0.2) is 44.0 Å². The molecule has 0 aliphatic carbocycles. The highest BCUT2D eigenvalue weighted by molar-refractivity contribution is 7.91. The first-order valence-corrected chi connectivity index (χ1v) is 7.69. The van der Waals surface area contributed by atoms with Gasteiger partial charge in [-0.25, -0.2) is 13.4 Å². The van der Waals surface area contributed by atoms with Crippen molar-refractivity contribution < 1.29 is 13.2 Å². The Kier molecular flexibility index (Phi) is 5.33. The highest BCUT2D eigenvalue weighted by Gasteiger charge is 2.29. The summed E-state index contributed by atoms with van der Waals surface area (Å²) in [7, 11) is -1.98. The summed E-state index contributed by atoms with van der Waals surface area (Å²) in [5.74, 6) is 0. The van der Waals surface area contributed by atoms with Crippen LogP contribution in [0.4, 0.5) is 0 Å². The first-order valence-electron chi connectivity index (χ1n) is 5.05. The van der Waals surface area contributed by atoms with Crippen LogP contribution in [0.5, 0.6) is 0 Å². The van der Waals surface area contributed by atoms with Crippen LogP contribution in [0.1, 0.15) is 13.8 Å². The Morgan fingerprint density at radius 1 is 1.65 bits per heavy atom. The van der Waals surface area contributed by atoms with Crippen LogP contribution >= 0.6 is 22.9 Å². The van der Waals surface area contributed by atoms with Crippen molar-refractivity contribution in [3.05, 3.63) is 10.7 Å². The molecule has 0 radical (unpaired) electrons. The largest absolute Gasteiger partial charge is 0.383 e. The average Bonchev–Trinajstić information content (AvgIpc) is 2.66. The van der Waals surface area contributed by atoms with Gasteiger partial charge < -0.3 is 4.74 Å². The average molecular weight is 299 g/mol. The lowest BCUT2D eigenvalue weighted by atomic mass is 10.4. The maximum Gasteiger partial charge on any atom is 0.254 e. The maximum atomic E-state index is 12.3. The Morgan fingerprint density at radius 2 is 2.29 bits per heavy atom. The second kappa shape index (κ2) is 6.10. The Labute approximate surface area is 110 Å². The van der Waals surface area contributed by atoms with E-state index in [1.165, 1.54) is 10.5 Å². The van der Waals surface area contributed by atoms with Gasteiger partial charge in [0.05, 0.1) is 12.8 Å². The van der Waals surface area contributed by atoms with E-state index in [1.807, 2.05) is 0 Å². The van der Waals surface area contributed by atoms with Crippen molar-refractivity contribution in [1.29, 1.82) is 0 Å². The maximum absolute atomic E-state index is 12.3. The van der Waals surface area contributed by atoms with Gasteiger partial charge in [0.1, 0.15) is 0 Å². The van der Waals surface area contributed by atoms with Crippen LogP contribution in [0.2, 0.25) is 4.47 Å². The molecular formula is C9H15ClN2O3S2. The fourth-order valence-electron chi connectivity index (χ4n) is 1.52. The van der Waals surface area contributed by atoms with Crippen molar-refractivity contribution in [2.45, 2.75) is 24.1 Å². The zero-order valence-corrected chi connectivity index (χ0v) is 12.3. The van der Waals surface area contributed by atoms with Crippen molar-refractivity contribution in [2.75, 3.05) is 20.3 Å². The summed E-state index contributed by atoms with van der Waals surface area (Å²) in [5.41, 5.74) is 0. The van der Waals surface area contributed by atoms with Gasteiger partial charge in [0, 0.05) is 19.7 Å². The Hall–Kier alpha value is -0.210. The van der Waals surface area contributed by atoms with E-state index in [0.29, 0.717) is 13.2 Å². The van der Waals surface area contributed by atoms with Crippen LogP contribution in [0.25, 0.3) is 0 Å². The van der Waals surface area contributed by atoms with E-state index in [4.69, 9.17) is 16.3 Å². The van der Waals surface area contributed by atoms with Crippen molar-refractivity contribution >= 4 is 33.0 Å². The Morgan fingerprint density at radius 3 is 2.71 bits per heavy atom. The summed E-state index contributed by atoms with van der Waals surface area (Å²) < 4.78 is 31.3. The molecule has 0 fully saturated rings. The van der Waals surface area contributed by atoms with E-state index >= 15 is 0 Å². The summed E-state index contributed by atoms with van der Waals surface area (Å²) in [5, 5.41) is 0. The van der Waals surface area contributed by atoms with Gasteiger partial charge in [0.15, 0.2) is 8.68 Å². The van der Waals surface area contributed by atoms with E-state index in [0.717, 1.165) is 11.3 Å². The molecule has 17 heavy (non-hydrogen) atoms. The molecule has 0 N–H and O–H groups in total. The second-order valence-electron chi connectivity index (χ2n) is 3.44. The third-order valence-corrected chi connectivity index (χ3v) is 5.87. The molecule has 0 amide bonds. The lowest BCUT2D eigenvalue weighted by Gasteiger charge is -2.25. The minimum atomic E-state index is -3.53. The lowest BCUT2D eigenvalue weighted by molar-refractivity contribution is 0.143. The summed E-state index contributed by atoms with van der Waals surface area (Å²) in [4.78, 5) is 3.75. The number of thiazole rings is 1. The van der Waals surface area contributed by atoms with Crippen molar-refractivity contribution in [3.63, 3.8) is 0 Å². The number of sulfonamides is 1. The van der Waals surface area contributed by atoms with Crippen LogP contribution in [-0.2, 0) is 14.8 Å². The molecule has 0 spiro atoms. The van der Waals surface area contributed by atoms with Gasteiger partial charge in [0.25, 0.3) is 10.0 Å². The fraction of sp³-hybridized carbons (Fsp3) is 0.667. The van der Waals surface area contributed by atoms with Crippen LogP contribution < -0.4 is 0 Å². The number of rotatable bonds is 6. The van der Waals surface area contributed by atoms with Crippen LogP contribution in [0.15, 0.2) is 10.4 Å². The molecule has 1 heterocycles. The summed E-state index contributed by atoms with van der Waals surface area (Å²) in [6.45, 7) is 4.31. The van der Waals surface area contributed by atoms with Gasteiger partial charge in [-0.1, -0.05) is 29.9 Å². The van der Waals surface area contributed by atoms with Crippen LogP contribution in [0, 0.1) is 0 Å². The molecule has 0 aromatic carbocycles. The molecule has 1 atom stereocenters. The zero-order valence-electron chi connectivity index (χ0n) is 9.88. The number of nitrogens with zero attached hydrogens (tertiary/aromatic N) is 2. The highest BCUT2D eigenvalue weighted by Crippen LogP contribution is 2.26. The first-order chi connectivity index (χ1) is 7.93. The monoisotopic (exact) mass is 298 g/mol. The zero-order chi connectivity index (χ0) is 13.1. The molecule has 1 aromatic rings. The van der Waals surface area contributed by atoms with Gasteiger partial charge in [-0.2, -0.15) is 4.31 Å². The van der Waals surface area contributed by atoms with Crippen molar-refractivity contribution in [1.82, 2.24) is 9.29 Å². The smallest absolute Gasteiger partial charge is 0.254 e. The third-order valence-electron chi connectivity index (χ3n) is 2.23. The van der Waals surface area contributed by atoms with Gasteiger partial charge in [-0.3, -0.25) is 0 Å².